The molecule has 2 heteroatoms. The molecular weight excluding hydrogens is 310 g/mol. The standard InChI is InChI=1S/C16H18BrN.C2H6/c1-3-7-15-14(10-11-17)12-16(18(15)2)13-8-5-4-6-9-13;1-2/h4-10,12H,3,11H2,1-2H3;1-2H3/b14-10-,15-7+;. The van der Waals surface area contributed by atoms with Crippen molar-refractivity contribution in [3.05, 3.63) is 47.0 Å². The molecule has 0 radical (unpaired) electrons. The summed E-state index contributed by atoms with van der Waals surface area (Å²) in [6, 6.07) is 12.8. The van der Waals surface area contributed by atoms with Gasteiger partial charge in [0.2, 0.25) is 0 Å². The normalized spacial score (nSPS) is 12.2. The van der Waals surface area contributed by atoms with Crippen molar-refractivity contribution < 1.29 is 0 Å². The summed E-state index contributed by atoms with van der Waals surface area (Å²) in [6.45, 7) is 6.17. The van der Waals surface area contributed by atoms with Crippen molar-refractivity contribution in [3.8, 4) is 11.3 Å². The average Bonchev–Trinajstić information content (AvgIpc) is 2.80. The number of nitrogens with zero attached hydrogens (tertiary/aromatic N) is 1. The predicted molar refractivity (Wildman–Crippen MR) is 94.5 cm³/mol. The number of hydrogen-bond acceptors (Lipinski definition) is 0. The van der Waals surface area contributed by atoms with Crippen molar-refractivity contribution >= 4 is 28.1 Å². The van der Waals surface area contributed by atoms with E-state index in [-0.39, 0.29) is 0 Å². The van der Waals surface area contributed by atoms with Gasteiger partial charge in [0.25, 0.3) is 0 Å². The van der Waals surface area contributed by atoms with Crippen LogP contribution in [0.5, 0.6) is 0 Å². The van der Waals surface area contributed by atoms with Crippen LogP contribution in [0.1, 0.15) is 27.2 Å². The molecule has 2 aromatic rings. The molecule has 0 saturated carbocycles. The minimum atomic E-state index is 0.885. The molecule has 0 spiro atoms. The summed E-state index contributed by atoms with van der Waals surface area (Å²) in [5.74, 6) is 0. The lowest BCUT2D eigenvalue weighted by Crippen LogP contribution is -2.27. The van der Waals surface area contributed by atoms with E-state index in [0.29, 0.717) is 0 Å². The SMILES string of the molecule is CC.CC/C=c1\c(=C/CBr)cc(-c2ccccc2)n1C. The first-order valence-corrected chi connectivity index (χ1v) is 8.37. The Morgan fingerprint density at radius 2 is 1.75 bits per heavy atom. The maximum absolute atomic E-state index is 3.48. The third-order valence-electron chi connectivity index (χ3n) is 3.07. The first-order chi connectivity index (χ1) is 9.77. The van der Waals surface area contributed by atoms with Crippen molar-refractivity contribution in [1.82, 2.24) is 4.57 Å². The van der Waals surface area contributed by atoms with Gasteiger partial charge in [-0.3, -0.25) is 0 Å². The van der Waals surface area contributed by atoms with Crippen LogP contribution in [0.25, 0.3) is 23.4 Å². The third-order valence-corrected chi connectivity index (χ3v) is 3.40. The molecule has 0 amide bonds. The Morgan fingerprint density at radius 1 is 1.10 bits per heavy atom. The Labute approximate surface area is 130 Å². The van der Waals surface area contributed by atoms with E-state index in [1.54, 1.807) is 0 Å². The van der Waals surface area contributed by atoms with Gasteiger partial charge in [-0.2, -0.15) is 0 Å². The number of benzene rings is 1. The zero-order valence-corrected chi connectivity index (χ0v) is 14.4. The van der Waals surface area contributed by atoms with Gasteiger partial charge in [0.15, 0.2) is 0 Å². The van der Waals surface area contributed by atoms with Crippen LogP contribution in [-0.4, -0.2) is 9.90 Å². The Bertz CT molecular complexity index is 623. The number of aromatic nitrogens is 1. The van der Waals surface area contributed by atoms with E-state index in [9.17, 15) is 0 Å². The third kappa shape index (κ3) is 3.86. The summed E-state index contributed by atoms with van der Waals surface area (Å²) in [7, 11) is 2.13. The Hall–Kier alpha value is -1.28. The van der Waals surface area contributed by atoms with Gasteiger partial charge in [0, 0.05) is 23.4 Å². The van der Waals surface area contributed by atoms with Crippen molar-refractivity contribution in [3.63, 3.8) is 0 Å². The quantitative estimate of drug-likeness (QED) is 0.745. The number of hydrogen-bond donors (Lipinski definition) is 0. The number of halogens is 1. The van der Waals surface area contributed by atoms with Gasteiger partial charge < -0.3 is 4.57 Å². The van der Waals surface area contributed by atoms with Gasteiger partial charge in [0.1, 0.15) is 0 Å². The molecule has 0 aliphatic rings. The van der Waals surface area contributed by atoms with Crippen LogP contribution in [0.4, 0.5) is 0 Å². The minimum absolute atomic E-state index is 0.885. The lowest BCUT2D eigenvalue weighted by Gasteiger charge is -2.03. The first-order valence-electron chi connectivity index (χ1n) is 7.25. The Kier molecular flexibility index (Phi) is 7.38. The van der Waals surface area contributed by atoms with Crippen LogP contribution in [0.3, 0.4) is 0 Å². The van der Waals surface area contributed by atoms with Gasteiger partial charge in [-0.25, -0.2) is 0 Å². The second kappa shape index (κ2) is 8.80. The fraction of sp³-hybridized carbons (Fsp3) is 0.333. The summed E-state index contributed by atoms with van der Waals surface area (Å²) >= 11 is 3.48. The van der Waals surface area contributed by atoms with Crippen LogP contribution in [-0.2, 0) is 7.05 Å². The molecule has 0 unspecified atom stereocenters. The van der Waals surface area contributed by atoms with Crippen LogP contribution < -0.4 is 10.6 Å². The van der Waals surface area contributed by atoms with E-state index in [4.69, 9.17) is 0 Å². The maximum atomic E-state index is 3.48. The molecule has 2 rings (SSSR count). The van der Waals surface area contributed by atoms with Crippen LogP contribution in [0, 0.1) is 0 Å². The van der Waals surface area contributed by atoms with Gasteiger partial charge in [-0.15, -0.1) is 0 Å². The van der Waals surface area contributed by atoms with E-state index in [2.05, 4.69) is 83.0 Å². The molecule has 0 bridgehead atoms. The van der Waals surface area contributed by atoms with E-state index < -0.39 is 0 Å². The topological polar surface area (TPSA) is 4.93 Å². The molecule has 0 aliphatic carbocycles. The van der Waals surface area contributed by atoms with Crippen molar-refractivity contribution in [2.45, 2.75) is 27.2 Å². The highest BCUT2D eigenvalue weighted by molar-refractivity contribution is 9.09. The molecule has 1 nitrogen and oxygen atoms in total. The Morgan fingerprint density at radius 3 is 2.30 bits per heavy atom. The molecule has 1 aromatic heterocycles. The highest BCUT2D eigenvalue weighted by Gasteiger charge is 2.03. The van der Waals surface area contributed by atoms with Crippen LogP contribution in [0.2, 0.25) is 0 Å². The lowest BCUT2D eigenvalue weighted by molar-refractivity contribution is 0.893. The van der Waals surface area contributed by atoms with Gasteiger partial charge >= 0.3 is 0 Å². The van der Waals surface area contributed by atoms with Gasteiger partial charge in [-0.1, -0.05) is 79.2 Å². The highest BCUT2D eigenvalue weighted by atomic mass is 79.9. The lowest BCUT2D eigenvalue weighted by atomic mass is 10.1. The molecule has 0 fully saturated rings. The van der Waals surface area contributed by atoms with E-state index in [1.807, 2.05) is 13.8 Å². The Balaban J connectivity index is 0.000000956. The predicted octanol–water partition coefficient (Wildman–Crippen LogP) is 4.08. The number of rotatable bonds is 3. The summed E-state index contributed by atoms with van der Waals surface area (Å²) in [4.78, 5) is 0. The largest absolute Gasteiger partial charge is 0.344 e. The molecule has 20 heavy (non-hydrogen) atoms. The van der Waals surface area contributed by atoms with E-state index in [1.165, 1.54) is 21.8 Å². The highest BCUT2D eigenvalue weighted by Crippen LogP contribution is 2.15. The molecule has 0 atom stereocenters. The van der Waals surface area contributed by atoms with Crippen molar-refractivity contribution in [2.24, 2.45) is 7.05 Å². The van der Waals surface area contributed by atoms with Crippen molar-refractivity contribution in [1.29, 1.82) is 0 Å². The molecule has 0 aliphatic heterocycles. The molecule has 1 heterocycles. The fourth-order valence-electron chi connectivity index (χ4n) is 2.22. The fourth-order valence-corrected chi connectivity index (χ4v) is 2.57. The smallest absolute Gasteiger partial charge is 0.0488 e. The summed E-state index contributed by atoms with van der Waals surface area (Å²) in [5.41, 5.74) is 2.53. The number of alkyl halides is 1. The van der Waals surface area contributed by atoms with Crippen LogP contribution >= 0.6 is 15.9 Å². The summed E-state index contributed by atoms with van der Waals surface area (Å²) in [6.07, 6.45) is 5.55. The van der Waals surface area contributed by atoms with Gasteiger partial charge in [0.05, 0.1) is 0 Å². The molecule has 0 N–H and O–H groups in total. The van der Waals surface area contributed by atoms with E-state index >= 15 is 0 Å². The monoisotopic (exact) mass is 333 g/mol. The second-order valence-electron chi connectivity index (χ2n) is 4.27. The zero-order valence-electron chi connectivity index (χ0n) is 12.9. The van der Waals surface area contributed by atoms with E-state index in [0.717, 1.165) is 11.8 Å². The first kappa shape index (κ1) is 16.8. The maximum Gasteiger partial charge on any atom is 0.0488 e. The van der Waals surface area contributed by atoms with Gasteiger partial charge in [-0.05, 0) is 23.3 Å². The summed E-state index contributed by atoms with van der Waals surface area (Å²) in [5, 5.41) is 3.49. The molecule has 0 saturated heterocycles. The van der Waals surface area contributed by atoms with Crippen molar-refractivity contribution in [2.75, 3.05) is 5.33 Å². The minimum Gasteiger partial charge on any atom is -0.344 e. The molecule has 108 valence electrons. The summed E-state index contributed by atoms with van der Waals surface area (Å²) < 4.78 is 2.27. The molecule has 1 aromatic carbocycles. The average molecular weight is 334 g/mol. The van der Waals surface area contributed by atoms with Crippen LogP contribution in [0.15, 0.2) is 36.4 Å². The zero-order chi connectivity index (χ0) is 15.0. The molecular formula is C18H24BrN. The second-order valence-corrected chi connectivity index (χ2v) is 4.91.